The van der Waals surface area contributed by atoms with E-state index in [4.69, 9.17) is 31.2 Å². The van der Waals surface area contributed by atoms with Crippen molar-refractivity contribution in [3.05, 3.63) is 87.7 Å². The molecular weight excluding hydrogens is 638 g/mol. The van der Waals surface area contributed by atoms with Crippen molar-refractivity contribution in [3.8, 4) is 34.3 Å². The first kappa shape index (κ1) is 33.0. The van der Waals surface area contributed by atoms with E-state index in [9.17, 15) is 10.1 Å². The maximum atomic E-state index is 12.4. The van der Waals surface area contributed by atoms with Crippen LogP contribution in [0.2, 0.25) is 5.02 Å². The molecular formula is C38H40ClN7O3. The Morgan fingerprint density at radius 1 is 1.16 bits per heavy atom. The summed E-state index contributed by atoms with van der Waals surface area (Å²) in [5.41, 5.74) is 9.25. The van der Waals surface area contributed by atoms with Crippen LogP contribution in [0.15, 0.2) is 59.1 Å². The monoisotopic (exact) mass is 677 g/mol. The molecule has 0 saturated carbocycles. The van der Waals surface area contributed by atoms with E-state index in [0.717, 1.165) is 71.7 Å². The summed E-state index contributed by atoms with van der Waals surface area (Å²) in [5.74, 6) is 0.288. The van der Waals surface area contributed by atoms with Crippen molar-refractivity contribution in [1.29, 1.82) is 5.26 Å². The minimum atomic E-state index is -0.116. The average Bonchev–Trinajstić information content (AvgIpc) is 3.85. The highest BCUT2D eigenvalue weighted by Crippen LogP contribution is 2.39. The van der Waals surface area contributed by atoms with Gasteiger partial charge in [0, 0.05) is 56.1 Å². The van der Waals surface area contributed by atoms with Gasteiger partial charge in [-0.2, -0.15) is 10.4 Å². The molecule has 0 spiro atoms. The smallest absolute Gasteiger partial charge is 0.227 e. The molecule has 0 bridgehead atoms. The third kappa shape index (κ3) is 6.47. The number of nitrogens with one attached hydrogen (secondary N) is 1. The maximum Gasteiger partial charge on any atom is 0.227 e. The Labute approximate surface area is 290 Å². The molecule has 4 heterocycles. The number of fused-ring (bicyclic) bond motifs is 2. The minimum absolute atomic E-state index is 0.0327. The van der Waals surface area contributed by atoms with E-state index in [0.29, 0.717) is 46.7 Å². The summed E-state index contributed by atoms with van der Waals surface area (Å²) in [4.78, 5) is 21.9. The molecule has 1 amide bonds. The summed E-state index contributed by atoms with van der Waals surface area (Å²) in [6, 6.07) is 18.6. The Morgan fingerprint density at radius 3 is 2.76 bits per heavy atom. The van der Waals surface area contributed by atoms with Crippen LogP contribution < -0.4 is 5.32 Å². The van der Waals surface area contributed by atoms with Crippen LogP contribution in [-0.4, -0.2) is 74.4 Å². The molecule has 11 heteroatoms. The lowest BCUT2D eigenvalue weighted by atomic mass is 9.96. The molecule has 2 aromatic heterocycles. The average molecular weight is 678 g/mol. The van der Waals surface area contributed by atoms with E-state index in [2.05, 4.69) is 41.2 Å². The zero-order chi connectivity index (χ0) is 34.2. The van der Waals surface area contributed by atoms with E-state index in [1.165, 1.54) is 5.56 Å². The van der Waals surface area contributed by atoms with Crippen molar-refractivity contribution in [2.45, 2.75) is 52.7 Å². The fourth-order valence-corrected chi connectivity index (χ4v) is 7.42. The largest absolute Gasteiger partial charge is 0.435 e. The molecule has 3 aromatic carbocycles. The standard InChI is InChI=1S/C38H40ClN7O3/c1-23(2)45-14-11-26-21-46(43-33(26)22-45)34-9-5-8-31(35(34)39)29-6-4-7-30(24(29)3)38-42-32-17-25(16-28(18-40)36(32)49-38)19-44-13-10-27(20-44)37(48)41-12-15-47/h4-9,16-17,21,23,27,47H,10-15,19-20,22H2,1-3H3,(H,41,48). The highest BCUT2D eigenvalue weighted by molar-refractivity contribution is 6.35. The Hall–Kier alpha value is -4.53. The van der Waals surface area contributed by atoms with Crippen LogP contribution in [-0.2, 0) is 24.3 Å². The van der Waals surface area contributed by atoms with Crippen LogP contribution >= 0.6 is 11.6 Å². The van der Waals surface area contributed by atoms with Gasteiger partial charge in [0.15, 0.2) is 5.58 Å². The third-order valence-corrected chi connectivity index (χ3v) is 10.2. The molecule has 252 valence electrons. The molecule has 10 nitrogen and oxygen atoms in total. The fraction of sp³-hybridized carbons (Fsp3) is 0.368. The van der Waals surface area contributed by atoms with Crippen molar-refractivity contribution >= 4 is 28.6 Å². The SMILES string of the molecule is Cc1c(-c2nc3cc(CN4CCC(C(=O)NCCO)C4)cc(C#N)c3o2)cccc1-c1cccc(-n2cc3c(n2)CN(C(C)C)CC3)c1Cl. The number of oxazole rings is 1. The summed E-state index contributed by atoms with van der Waals surface area (Å²) in [6.07, 6.45) is 3.83. The van der Waals surface area contributed by atoms with Gasteiger partial charge in [-0.1, -0.05) is 35.9 Å². The number of amides is 1. The maximum absolute atomic E-state index is 12.4. The first-order chi connectivity index (χ1) is 23.7. The van der Waals surface area contributed by atoms with Crippen LogP contribution in [0.5, 0.6) is 0 Å². The molecule has 0 radical (unpaired) electrons. The number of carbonyl (C=O) groups is 1. The van der Waals surface area contributed by atoms with Gasteiger partial charge in [0.25, 0.3) is 0 Å². The molecule has 2 aliphatic rings. The molecule has 1 atom stereocenters. The van der Waals surface area contributed by atoms with Gasteiger partial charge in [-0.3, -0.25) is 14.6 Å². The summed E-state index contributed by atoms with van der Waals surface area (Å²) in [5, 5.41) is 27.4. The number of rotatable bonds is 9. The van der Waals surface area contributed by atoms with Gasteiger partial charge in [-0.15, -0.1) is 0 Å². The quantitative estimate of drug-likeness (QED) is 0.198. The number of hydrogen-bond acceptors (Lipinski definition) is 8. The predicted octanol–water partition coefficient (Wildman–Crippen LogP) is 5.88. The topological polar surface area (TPSA) is 123 Å². The van der Waals surface area contributed by atoms with Gasteiger partial charge in [0.2, 0.25) is 11.8 Å². The second-order valence-electron chi connectivity index (χ2n) is 13.3. The van der Waals surface area contributed by atoms with Crippen LogP contribution in [0.1, 0.15) is 48.2 Å². The van der Waals surface area contributed by atoms with E-state index < -0.39 is 0 Å². The number of halogens is 1. The second-order valence-corrected chi connectivity index (χ2v) is 13.7. The molecule has 2 N–H and O–H groups in total. The molecule has 1 fully saturated rings. The number of nitriles is 1. The van der Waals surface area contributed by atoms with E-state index in [1.54, 1.807) is 0 Å². The fourth-order valence-electron chi connectivity index (χ4n) is 7.10. The van der Waals surface area contributed by atoms with E-state index in [-0.39, 0.29) is 25.0 Å². The number of aliphatic hydroxyl groups is 1. The van der Waals surface area contributed by atoms with Gasteiger partial charge in [-0.25, -0.2) is 9.67 Å². The molecule has 7 rings (SSSR count). The van der Waals surface area contributed by atoms with Crippen LogP contribution in [0.4, 0.5) is 0 Å². The number of likely N-dealkylation sites (tertiary alicyclic amines) is 1. The lowest BCUT2D eigenvalue weighted by molar-refractivity contribution is -0.124. The summed E-state index contributed by atoms with van der Waals surface area (Å²) < 4.78 is 8.19. The Bertz CT molecular complexity index is 2080. The van der Waals surface area contributed by atoms with Crippen LogP contribution in [0.3, 0.4) is 0 Å². The van der Waals surface area contributed by atoms with Gasteiger partial charge < -0.3 is 14.8 Å². The second kappa shape index (κ2) is 13.8. The summed E-state index contributed by atoms with van der Waals surface area (Å²) in [7, 11) is 0. The van der Waals surface area contributed by atoms with E-state index in [1.807, 2.05) is 60.1 Å². The number of aliphatic hydroxyl groups excluding tert-OH is 1. The summed E-state index contributed by atoms with van der Waals surface area (Å²) in [6.45, 7) is 10.5. The van der Waals surface area contributed by atoms with Crippen LogP contribution in [0, 0.1) is 24.2 Å². The third-order valence-electron chi connectivity index (χ3n) is 9.84. The van der Waals surface area contributed by atoms with Crippen LogP contribution in [0.25, 0.3) is 39.4 Å². The van der Waals surface area contributed by atoms with Gasteiger partial charge in [-0.05, 0) is 86.7 Å². The Morgan fingerprint density at radius 2 is 1.96 bits per heavy atom. The predicted molar refractivity (Wildman–Crippen MR) is 189 cm³/mol. The molecule has 0 aliphatic carbocycles. The van der Waals surface area contributed by atoms with Gasteiger partial charge in [0.1, 0.15) is 11.6 Å². The van der Waals surface area contributed by atoms with Crippen molar-refractivity contribution in [1.82, 2.24) is 29.9 Å². The zero-order valence-electron chi connectivity index (χ0n) is 28.0. The Balaban J connectivity index is 1.16. The zero-order valence-corrected chi connectivity index (χ0v) is 28.8. The minimum Gasteiger partial charge on any atom is -0.435 e. The van der Waals surface area contributed by atoms with E-state index >= 15 is 0 Å². The first-order valence-corrected chi connectivity index (χ1v) is 17.3. The Kier molecular flexibility index (Phi) is 9.27. The molecule has 5 aromatic rings. The van der Waals surface area contributed by atoms with Crippen molar-refractivity contribution in [3.63, 3.8) is 0 Å². The van der Waals surface area contributed by atoms with Crippen molar-refractivity contribution in [2.75, 3.05) is 32.8 Å². The number of aromatic nitrogens is 3. The normalized spacial score (nSPS) is 16.7. The number of nitrogens with zero attached hydrogens (tertiary/aromatic N) is 6. The lowest BCUT2D eigenvalue weighted by Crippen LogP contribution is -2.35. The molecule has 2 aliphatic heterocycles. The number of carbonyl (C=O) groups excluding carboxylic acids is 1. The lowest BCUT2D eigenvalue weighted by Gasteiger charge is -2.29. The first-order valence-electron chi connectivity index (χ1n) is 16.9. The number of hydrogen-bond donors (Lipinski definition) is 2. The molecule has 1 saturated heterocycles. The van der Waals surface area contributed by atoms with Crippen molar-refractivity contribution < 1.29 is 14.3 Å². The highest BCUT2D eigenvalue weighted by Gasteiger charge is 2.29. The highest BCUT2D eigenvalue weighted by atomic mass is 35.5. The number of benzene rings is 3. The van der Waals surface area contributed by atoms with Gasteiger partial charge in [0.05, 0.1) is 34.5 Å². The molecule has 49 heavy (non-hydrogen) atoms. The summed E-state index contributed by atoms with van der Waals surface area (Å²) >= 11 is 7.15. The molecule has 1 unspecified atom stereocenters. The van der Waals surface area contributed by atoms with Crippen molar-refractivity contribution in [2.24, 2.45) is 5.92 Å². The van der Waals surface area contributed by atoms with Gasteiger partial charge >= 0.3 is 0 Å².